The van der Waals surface area contributed by atoms with E-state index in [1.54, 1.807) is 0 Å². The highest BCUT2D eigenvalue weighted by Gasteiger charge is 2.20. The Kier molecular flexibility index (Phi) is 6.09. The van der Waals surface area contributed by atoms with Crippen LogP contribution in [0.5, 0.6) is 0 Å². The first-order chi connectivity index (χ1) is 12.6. The number of carbonyl (C=O) groups excluding carboxylic acids is 1. The van der Waals surface area contributed by atoms with Crippen molar-refractivity contribution in [3.8, 4) is 11.8 Å². The van der Waals surface area contributed by atoms with Crippen LogP contribution in [0, 0.1) is 17.8 Å². The SMILES string of the molecule is CC(C)CCOCCC(=O)N1Cc2ccccc2C#Cc2ccccc21. The van der Waals surface area contributed by atoms with Crippen LogP contribution < -0.4 is 4.90 Å². The highest BCUT2D eigenvalue weighted by atomic mass is 16.5. The Morgan fingerprint density at radius 2 is 1.73 bits per heavy atom. The van der Waals surface area contributed by atoms with Crippen LogP contribution in [0.1, 0.15) is 43.4 Å². The van der Waals surface area contributed by atoms with Crippen LogP contribution in [-0.2, 0) is 16.1 Å². The summed E-state index contributed by atoms with van der Waals surface area (Å²) in [5.41, 5.74) is 3.81. The van der Waals surface area contributed by atoms with Crippen LogP contribution >= 0.6 is 0 Å². The second kappa shape index (κ2) is 8.69. The number of carbonyl (C=O) groups is 1. The van der Waals surface area contributed by atoms with Crippen LogP contribution in [0.3, 0.4) is 0 Å². The number of benzene rings is 2. The standard InChI is InChI=1S/C23H25NO2/c1-18(2)13-15-26-16-14-23(25)24-17-21-9-4-3-7-19(21)11-12-20-8-5-6-10-22(20)24/h3-10,18H,13-17H2,1-2H3. The summed E-state index contributed by atoms with van der Waals surface area (Å²) in [6.07, 6.45) is 1.39. The molecule has 1 heterocycles. The van der Waals surface area contributed by atoms with Gasteiger partial charge in [-0.05, 0) is 36.1 Å². The molecule has 1 aliphatic heterocycles. The molecule has 0 aliphatic carbocycles. The summed E-state index contributed by atoms with van der Waals surface area (Å²) in [6.45, 7) is 6.04. The second-order valence-corrected chi connectivity index (χ2v) is 6.95. The smallest absolute Gasteiger partial charge is 0.229 e. The lowest BCUT2D eigenvalue weighted by Gasteiger charge is -2.26. The van der Waals surface area contributed by atoms with E-state index in [2.05, 4.69) is 25.7 Å². The third-order valence-electron chi connectivity index (χ3n) is 4.47. The Morgan fingerprint density at radius 1 is 1.04 bits per heavy atom. The fraction of sp³-hybridized carbons (Fsp3) is 0.348. The van der Waals surface area contributed by atoms with Crippen LogP contribution in [0.4, 0.5) is 5.69 Å². The van der Waals surface area contributed by atoms with Gasteiger partial charge in [-0.2, -0.15) is 0 Å². The van der Waals surface area contributed by atoms with Crippen molar-refractivity contribution in [2.45, 2.75) is 33.2 Å². The van der Waals surface area contributed by atoms with Crippen molar-refractivity contribution >= 4 is 11.6 Å². The molecule has 0 atom stereocenters. The van der Waals surface area contributed by atoms with E-state index >= 15 is 0 Å². The van der Waals surface area contributed by atoms with E-state index in [9.17, 15) is 4.79 Å². The molecule has 134 valence electrons. The van der Waals surface area contributed by atoms with Gasteiger partial charge >= 0.3 is 0 Å². The normalized spacial score (nSPS) is 12.5. The minimum Gasteiger partial charge on any atom is -0.381 e. The molecule has 0 bridgehead atoms. The zero-order valence-corrected chi connectivity index (χ0v) is 15.5. The summed E-state index contributed by atoms with van der Waals surface area (Å²) in [5, 5.41) is 0. The Hall–Kier alpha value is -2.57. The summed E-state index contributed by atoms with van der Waals surface area (Å²) in [5.74, 6) is 7.14. The molecule has 0 N–H and O–H groups in total. The van der Waals surface area contributed by atoms with Crippen LogP contribution in [0.25, 0.3) is 0 Å². The number of anilines is 1. The van der Waals surface area contributed by atoms with E-state index in [0.29, 0.717) is 32.1 Å². The number of para-hydroxylation sites is 1. The Morgan fingerprint density at radius 3 is 2.54 bits per heavy atom. The zero-order chi connectivity index (χ0) is 18.4. The molecule has 0 aromatic heterocycles. The van der Waals surface area contributed by atoms with Gasteiger partial charge in [-0.1, -0.05) is 56.0 Å². The van der Waals surface area contributed by atoms with Crippen molar-refractivity contribution in [1.29, 1.82) is 0 Å². The average Bonchev–Trinajstić information content (AvgIpc) is 2.63. The summed E-state index contributed by atoms with van der Waals surface area (Å²) < 4.78 is 5.64. The number of hydrogen-bond acceptors (Lipinski definition) is 2. The number of ether oxygens (including phenoxy) is 1. The third kappa shape index (κ3) is 4.53. The van der Waals surface area contributed by atoms with Crippen molar-refractivity contribution in [3.05, 3.63) is 65.2 Å². The fourth-order valence-electron chi connectivity index (χ4n) is 2.92. The molecule has 2 aromatic rings. The summed E-state index contributed by atoms with van der Waals surface area (Å²) in [4.78, 5) is 14.8. The van der Waals surface area contributed by atoms with Gasteiger partial charge in [0, 0.05) is 17.7 Å². The monoisotopic (exact) mass is 347 g/mol. The summed E-state index contributed by atoms with van der Waals surface area (Å²) in [7, 11) is 0. The van der Waals surface area contributed by atoms with Crippen molar-refractivity contribution in [1.82, 2.24) is 0 Å². The predicted molar refractivity (Wildman–Crippen MR) is 105 cm³/mol. The van der Waals surface area contributed by atoms with E-state index < -0.39 is 0 Å². The van der Waals surface area contributed by atoms with Gasteiger partial charge in [0.05, 0.1) is 25.3 Å². The minimum atomic E-state index is 0.0699. The Bertz CT molecular complexity index is 829. The van der Waals surface area contributed by atoms with Gasteiger partial charge in [0.1, 0.15) is 0 Å². The largest absolute Gasteiger partial charge is 0.381 e. The lowest BCUT2D eigenvalue weighted by atomic mass is 10.0. The zero-order valence-electron chi connectivity index (χ0n) is 15.5. The maximum atomic E-state index is 12.9. The number of hydrogen-bond donors (Lipinski definition) is 0. The van der Waals surface area contributed by atoms with Crippen molar-refractivity contribution < 1.29 is 9.53 Å². The quantitative estimate of drug-likeness (QED) is 0.573. The molecule has 3 heteroatoms. The molecule has 0 unspecified atom stereocenters. The molecular weight excluding hydrogens is 322 g/mol. The van der Waals surface area contributed by atoms with Gasteiger partial charge in [-0.15, -0.1) is 0 Å². The first-order valence-electron chi connectivity index (χ1n) is 9.22. The predicted octanol–water partition coefficient (Wildman–Crippen LogP) is 4.39. The van der Waals surface area contributed by atoms with E-state index in [-0.39, 0.29) is 5.91 Å². The number of amides is 1. The average molecular weight is 347 g/mol. The highest BCUT2D eigenvalue weighted by Crippen LogP contribution is 2.25. The van der Waals surface area contributed by atoms with Gasteiger partial charge in [0.2, 0.25) is 5.91 Å². The molecule has 0 fully saturated rings. The molecule has 0 spiro atoms. The number of fused-ring (bicyclic) bond motifs is 2. The first-order valence-corrected chi connectivity index (χ1v) is 9.22. The van der Waals surface area contributed by atoms with Gasteiger partial charge < -0.3 is 9.64 Å². The lowest BCUT2D eigenvalue weighted by Crippen LogP contribution is -2.32. The molecule has 26 heavy (non-hydrogen) atoms. The Labute approximate surface area is 156 Å². The van der Waals surface area contributed by atoms with Crippen molar-refractivity contribution in [2.75, 3.05) is 18.1 Å². The molecule has 0 saturated heterocycles. The van der Waals surface area contributed by atoms with Crippen molar-refractivity contribution in [3.63, 3.8) is 0 Å². The van der Waals surface area contributed by atoms with Crippen LogP contribution in [0.2, 0.25) is 0 Å². The topological polar surface area (TPSA) is 29.5 Å². The maximum absolute atomic E-state index is 12.9. The van der Waals surface area contributed by atoms with Crippen LogP contribution in [0.15, 0.2) is 48.5 Å². The van der Waals surface area contributed by atoms with Crippen LogP contribution in [-0.4, -0.2) is 19.1 Å². The fourth-order valence-corrected chi connectivity index (χ4v) is 2.92. The lowest BCUT2D eigenvalue weighted by molar-refractivity contribution is -0.119. The third-order valence-corrected chi connectivity index (χ3v) is 4.47. The second-order valence-electron chi connectivity index (χ2n) is 6.95. The highest BCUT2D eigenvalue weighted by molar-refractivity contribution is 5.95. The number of rotatable bonds is 6. The summed E-state index contributed by atoms with van der Waals surface area (Å²) >= 11 is 0. The molecule has 3 rings (SSSR count). The molecule has 3 nitrogen and oxygen atoms in total. The van der Waals surface area contributed by atoms with E-state index in [1.807, 2.05) is 53.4 Å². The number of nitrogens with zero attached hydrogens (tertiary/aromatic N) is 1. The van der Waals surface area contributed by atoms with E-state index in [4.69, 9.17) is 4.74 Å². The Balaban J connectivity index is 1.78. The van der Waals surface area contributed by atoms with E-state index in [1.165, 1.54) is 0 Å². The van der Waals surface area contributed by atoms with Gasteiger partial charge in [0.15, 0.2) is 0 Å². The van der Waals surface area contributed by atoms with Crippen molar-refractivity contribution in [2.24, 2.45) is 5.92 Å². The molecular formula is C23H25NO2. The van der Waals surface area contributed by atoms with Gasteiger partial charge in [-0.25, -0.2) is 0 Å². The maximum Gasteiger partial charge on any atom is 0.229 e. The van der Waals surface area contributed by atoms with Gasteiger partial charge in [-0.3, -0.25) is 4.79 Å². The molecule has 2 aromatic carbocycles. The molecule has 0 radical (unpaired) electrons. The minimum absolute atomic E-state index is 0.0699. The molecule has 1 amide bonds. The first kappa shape index (κ1) is 18.2. The van der Waals surface area contributed by atoms with E-state index in [0.717, 1.165) is 28.8 Å². The summed E-state index contributed by atoms with van der Waals surface area (Å²) in [6, 6.07) is 15.9. The molecule has 1 aliphatic rings. The van der Waals surface area contributed by atoms with Gasteiger partial charge in [0.25, 0.3) is 0 Å². The molecule has 0 saturated carbocycles.